The lowest BCUT2D eigenvalue weighted by molar-refractivity contribution is -0.115. The van der Waals surface area contributed by atoms with Gasteiger partial charge in [-0.15, -0.1) is 0 Å². The highest BCUT2D eigenvalue weighted by atomic mass is 16.2. The van der Waals surface area contributed by atoms with Gasteiger partial charge >= 0.3 is 0 Å². The van der Waals surface area contributed by atoms with E-state index in [1.54, 1.807) is 11.1 Å². The third kappa shape index (κ3) is 3.34. The molecule has 5 aromatic rings. The van der Waals surface area contributed by atoms with Crippen molar-refractivity contribution in [2.75, 3.05) is 10.2 Å². The summed E-state index contributed by atoms with van der Waals surface area (Å²) < 4.78 is 0. The lowest BCUT2D eigenvalue weighted by atomic mass is 10.0. The van der Waals surface area contributed by atoms with E-state index in [-0.39, 0.29) is 11.9 Å². The molecule has 0 saturated heterocycles. The number of hydrogen-bond acceptors (Lipinski definition) is 7. The van der Waals surface area contributed by atoms with E-state index >= 15 is 0 Å². The van der Waals surface area contributed by atoms with Gasteiger partial charge in [0.25, 0.3) is 5.91 Å². The fraction of sp³-hybridized carbons (Fsp3) is 0.143. The van der Waals surface area contributed by atoms with E-state index < -0.39 is 6.17 Å². The summed E-state index contributed by atoms with van der Waals surface area (Å²) in [5.41, 5.74) is 5.75. The van der Waals surface area contributed by atoms with Crippen LogP contribution in [0.3, 0.4) is 0 Å². The van der Waals surface area contributed by atoms with E-state index in [9.17, 15) is 4.79 Å². The number of aromatic amines is 2. The molecule has 5 heterocycles. The zero-order valence-corrected chi connectivity index (χ0v) is 20.7. The van der Waals surface area contributed by atoms with Crippen LogP contribution in [0, 0.1) is 0 Å². The van der Waals surface area contributed by atoms with Crippen molar-refractivity contribution in [1.29, 1.82) is 0 Å². The molecule has 0 fully saturated rings. The molecule has 2 aromatic carbocycles. The van der Waals surface area contributed by atoms with Crippen LogP contribution in [0.5, 0.6) is 0 Å². The first-order valence-corrected chi connectivity index (χ1v) is 12.3. The Morgan fingerprint density at radius 1 is 1.05 bits per heavy atom. The van der Waals surface area contributed by atoms with E-state index in [0.717, 1.165) is 38.7 Å². The number of nitrogens with zero attached hydrogens (tertiary/aromatic N) is 6. The molecule has 7 rings (SSSR count). The fourth-order valence-corrected chi connectivity index (χ4v) is 5.22. The molecular weight excluding hydrogens is 478 g/mol. The summed E-state index contributed by atoms with van der Waals surface area (Å²) in [5, 5.41) is 12.6. The summed E-state index contributed by atoms with van der Waals surface area (Å²) in [6.07, 6.45) is 6.43. The Labute approximate surface area is 217 Å². The molecule has 2 aliphatic heterocycles. The molecule has 10 nitrogen and oxygen atoms in total. The van der Waals surface area contributed by atoms with Crippen molar-refractivity contribution in [3.05, 3.63) is 78.4 Å². The average molecular weight is 502 g/mol. The van der Waals surface area contributed by atoms with Gasteiger partial charge in [-0.3, -0.25) is 14.8 Å². The van der Waals surface area contributed by atoms with E-state index in [1.165, 1.54) is 6.33 Å². The van der Waals surface area contributed by atoms with E-state index in [1.807, 2.05) is 68.7 Å². The number of para-hydroxylation sites is 1. The van der Waals surface area contributed by atoms with Crippen LogP contribution < -0.4 is 10.2 Å². The number of fused-ring (bicyclic) bond motifs is 3. The van der Waals surface area contributed by atoms with Gasteiger partial charge in [-0.25, -0.2) is 20.0 Å². The van der Waals surface area contributed by atoms with Crippen molar-refractivity contribution in [1.82, 2.24) is 25.1 Å². The van der Waals surface area contributed by atoms with Crippen LogP contribution in [-0.4, -0.2) is 55.3 Å². The third-order valence-electron chi connectivity index (χ3n) is 7.04. The molecule has 38 heavy (non-hydrogen) atoms. The van der Waals surface area contributed by atoms with Crippen LogP contribution in [-0.2, 0) is 4.79 Å². The number of nitrogens with one attached hydrogen (secondary N) is 3. The Bertz CT molecular complexity index is 1810. The number of carbonyl (C=O) groups excluding carboxylic acids is 1. The molecule has 186 valence electrons. The first-order valence-electron chi connectivity index (χ1n) is 12.3. The second-order valence-electron chi connectivity index (χ2n) is 9.41. The van der Waals surface area contributed by atoms with Gasteiger partial charge in [0.1, 0.15) is 17.8 Å². The minimum Gasteiger partial charge on any atom is -0.363 e. The number of benzene rings is 2. The standard InChI is InChI=1S/C28H23N9O/c1-15-11-29-25-22(15)28(38)37(17-7-4-3-5-8-17)27(35-25)16(2)34-26-23-20(12-30-24(23)31-14-32-26)18-9-6-10-21-19(18)13-33-36-21/h3-14,16,27H,1-2H3,(H,33,36)(H2,30,31,32,34)/t16?,27-/m0/s1. The maximum absolute atomic E-state index is 13.7. The highest BCUT2D eigenvalue weighted by Crippen LogP contribution is 2.37. The second kappa shape index (κ2) is 8.48. The molecule has 1 amide bonds. The number of rotatable bonds is 5. The summed E-state index contributed by atoms with van der Waals surface area (Å²) >= 11 is 0. The van der Waals surface area contributed by atoms with Crippen molar-refractivity contribution >= 4 is 51.4 Å². The molecule has 1 unspecified atom stereocenters. The van der Waals surface area contributed by atoms with Crippen LogP contribution >= 0.6 is 0 Å². The van der Waals surface area contributed by atoms with Crippen LogP contribution in [0.15, 0.2) is 88.4 Å². The van der Waals surface area contributed by atoms with Gasteiger partial charge in [-0.05, 0) is 43.2 Å². The number of hydrogen-bond donors (Lipinski definition) is 3. The zero-order chi connectivity index (χ0) is 25.8. The number of anilines is 2. The summed E-state index contributed by atoms with van der Waals surface area (Å²) in [7, 11) is 0. The van der Waals surface area contributed by atoms with Gasteiger partial charge in [-0.2, -0.15) is 5.10 Å². The lowest BCUT2D eigenvalue weighted by Gasteiger charge is -2.37. The molecule has 0 bridgehead atoms. The largest absolute Gasteiger partial charge is 0.363 e. The number of amidine groups is 1. The molecule has 3 N–H and O–H groups in total. The van der Waals surface area contributed by atoms with Gasteiger partial charge in [0.05, 0.1) is 28.7 Å². The van der Waals surface area contributed by atoms with Crippen molar-refractivity contribution in [3.63, 3.8) is 0 Å². The first-order chi connectivity index (χ1) is 18.6. The summed E-state index contributed by atoms with van der Waals surface area (Å²) in [6.45, 7) is 3.88. The normalized spacial score (nSPS) is 17.8. The maximum atomic E-state index is 13.7. The van der Waals surface area contributed by atoms with Crippen LogP contribution in [0.4, 0.5) is 11.5 Å². The van der Waals surface area contributed by atoms with Gasteiger partial charge < -0.3 is 10.3 Å². The maximum Gasteiger partial charge on any atom is 0.264 e. The molecule has 3 aromatic heterocycles. The van der Waals surface area contributed by atoms with E-state index in [0.29, 0.717) is 22.9 Å². The molecule has 0 aliphatic carbocycles. The van der Waals surface area contributed by atoms with Gasteiger partial charge in [0, 0.05) is 29.0 Å². The number of aromatic nitrogens is 5. The van der Waals surface area contributed by atoms with Crippen LogP contribution in [0.2, 0.25) is 0 Å². The van der Waals surface area contributed by atoms with E-state index in [4.69, 9.17) is 4.99 Å². The highest BCUT2D eigenvalue weighted by Gasteiger charge is 2.40. The Hall–Kier alpha value is -5.12. The molecule has 2 atom stereocenters. The summed E-state index contributed by atoms with van der Waals surface area (Å²) in [6, 6.07) is 15.3. The number of allylic oxidation sites excluding steroid dienone is 1. The van der Waals surface area contributed by atoms with Gasteiger partial charge in [0.2, 0.25) is 0 Å². The number of aliphatic imine (C=N–C) groups is 2. The quantitative estimate of drug-likeness (QED) is 0.327. The minimum absolute atomic E-state index is 0.114. The van der Waals surface area contributed by atoms with Crippen LogP contribution in [0.25, 0.3) is 33.1 Å². The van der Waals surface area contributed by atoms with Gasteiger partial charge in [0.15, 0.2) is 12.0 Å². The molecule has 0 radical (unpaired) electrons. The Morgan fingerprint density at radius 2 is 1.92 bits per heavy atom. The number of carbonyl (C=O) groups is 1. The van der Waals surface area contributed by atoms with E-state index in [2.05, 4.69) is 41.5 Å². The summed E-state index contributed by atoms with van der Waals surface area (Å²) in [4.78, 5) is 37.1. The monoisotopic (exact) mass is 501 g/mol. The Morgan fingerprint density at radius 3 is 2.79 bits per heavy atom. The molecule has 0 spiro atoms. The highest BCUT2D eigenvalue weighted by molar-refractivity contribution is 6.33. The molecule has 10 heteroatoms. The Balaban J connectivity index is 1.32. The van der Waals surface area contributed by atoms with Crippen molar-refractivity contribution in [2.24, 2.45) is 9.98 Å². The first kappa shape index (κ1) is 22.1. The third-order valence-corrected chi connectivity index (χ3v) is 7.04. The number of H-pyrrole nitrogens is 2. The second-order valence-corrected chi connectivity index (χ2v) is 9.41. The van der Waals surface area contributed by atoms with Crippen molar-refractivity contribution in [2.45, 2.75) is 26.1 Å². The topological polar surface area (TPSA) is 127 Å². The predicted molar refractivity (Wildman–Crippen MR) is 148 cm³/mol. The van der Waals surface area contributed by atoms with Crippen molar-refractivity contribution in [3.8, 4) is 11.1 Å². The SMILES string of the molecule is CC1=C2C(=O)N(c3ccccc3)[C@@H](C(C)Nc3ncnc4[nH]cc(-c5cccc6[nH]ncc56)c34)N=C2N=C1. The molecule has 0 saturated carbocycles. The zero-order valence-electron chi connectivity index (χ0n) is 20.7. The van der Waals surface area contributed by atoms with Crippen LogP contribution in [0.1, 0.15) is 13.8 Å². The summed E-state index contributed by atoms with van der Waals surface area (Å²) in [5.74, 6) is 1.00. The fourth-order valence-electron chi connectivity index (χ4n) is 5.22. The Kier molecular flexibility index (Phi) is 4.93. The predicted octanol–water partition coefficient (Wildman–Crippen LogP) is 4.47. The molecule has 2 aliphatic rings. The smallest absolute Gasteiger partial charge is 0.264 e. The molecular formula is C28H23N9O. The van der Waals surface area contributed by atoms with Crippen molar-refractivity contribution < 1.29 is 4.79 Å². The average Bonchev–Trinajstić information content (AvgIpc) is 3.68. The van der Waals surface area contributed by atoms with Gasteiger partial charge in [-0.1, -0.05) is 30.3 Å². The lowest BCUT2D eigenvalue weighted by Crippen LogP contribution is -2.52. The minimum atomic E-state index is -0.545. The number of amides is 1.